The van der Waals surface area contributed by atoms with Crippen LogP contribution in [0.4, 0.5) is 0 Å². The molecule has 0 spiro atoms. The maximum atomic E-state index is 7.63. The van der Waals surface area contributed by atoms with E-state index in [1.54, 1.807) is 12.3 Å². The van der Waals surface area contributed by atoms with Gasteiger partial charge < -0.3 is 14.9 Å². The molecule has 0 aliphatic rings. The quantitative estimate of drug-likeness (QED) is 0.493. The lowest BCUT2D eigenvalue weighted by Crippen LogP contribution is -2.14. The second-order valence-electron chi connectivity index (χ2n) is 3.62. The van der Waals surface area contributed by atoms with Crippen LogP contribution in [-0.2, 0) is 6.61 Å². The van der Waals surface area contributed by atoms with Crippen molar-refractivity contribution in [3.8, 4) is 5.75 Å². The molecule has 1 aromatic carbocycles. The number of benzene rings is 1. The molecule has 2 aromatic rings. The molecule has 94 valence electrons. The van der Waals surface area contributed by atoms with Gasteiger partial charge >= 0.3 is 0 Å². The smallest absolute Gasteiger partial charge is 0.146 e. The summed E-state index contributed by atoms with van der Waals surface area (Å²) in [5, 5.41) is 7.63. The third-order valence-electron chi connectivity index (χ3n) is 2.43. The average Bonchev–Trinajstić information content (AvgIpc) is 2.88. The van der Waals surface area contributed by atoms with Crippen LogP contribution in [0, 0.1) is 5.41 Å². The number of thioether (sulfide) groups is 1. The number of nitrogen functional groups attached to an aromatic ring is 1. The van der Waals surface area contributed by atoms with E-state index in [4.69, 9.17) is 20.3 Å². The summed E-state index contributed by atoms with van der Waals surface area (Å²) in [4.78, 5) is 0.930. The molecule has 0 saturated carbocycles. The Morgan fingerprint density at radius 1 is 1.39 bits per heavy atom. The fourth-order valence-electron chi connectivity index (χ4n) is 1.61. The molecule has 0 radical (unpaired) electrons. The van der Waals surface area contributed by atoms with Crippen molar-refractivity contribution < 1.29 is 9.15 Å². The Bertz CT molecular complexity index is 538. The van der Waals surface area contributed by atoms with Crippen molar-refractivity contribution in [2.45, 2.75) is 11.5 Å². The van der Waals surface area contributed by atoms with Crippen molar-refractivity contribution in [2.75, 3.05) is 6.26 Å². The van der Waals surface area contributed by atoms with Gasteiger partial charge in [-0.1, -0.05) is 6.07 Å². The normalized spacial score (nSPS) is 10.3. The molecule has 0 aliphatic heterocycles. The number of nitrogens with two attached hydrogens (primary N) is 1. The number of amidine groups is 1. The maximum Gasteiger partial charge on any atom is 0.146 e. The Balaban J connectivity index is 2.24. The lowest BCUT2D eigenvalue weighted by atomic mass is 10.2. The fraction of sp³-hybridized carbons (Fsp3) is 0.154. The van der Waals surface area contributed by atoms with Crippen LogP contribution in [0.1, 0.15) is 11.3 Å². The zero-order chi connectivity index (χ0) is 13.0. The molecule has 1 aromatic heterocycles. The van der Waals surface area contributed by atoms with E-state index >= 15 is 0 Å². The van der Waals surface area contributed by atoms with E-state index in [0.29, 0.717) is 17.9 Å². The van der Waals surface area contributed by atoms with Crippen molar-refractivity contribution in [2.24, 2.45) is 5.73 Å². The van der Waals surface area contributed by atoms with Crippen molar-refractivity contribution in [1.29, 1.82) is 5.41 Å². The first kappa shape index (κ1) is 12.6. The van der Waals surface area contributed by atoms with Crippen LogP contribution in [0.2, 0.25) is 0 Å². The Morgan fingerprint density at radius 2 is 2.22 bits per heavy atom. The molecule has 0 atom stereocenters. The minimum absolute atomic E-state index is 0.00870. The number of hydrogen-bond donors (Lipinski definition) is 2. The van der Waals surface area contributed by atoms with Crippen molar-refractivity contribution in [3.63, 3.8) is 0 Å². The lowest BCUT2D eigenvalue weighted by Gasteiger charge is -2.12. The van der Waals surface area contributed by atoms with Crippen LogP contribution in [0.25, 0.3) is 0 Å². The minimum Gasteiger partial charge on any atom is -0.485 e. The second-order valence-corrected chi connectivity index (χ2v) is 4.46. The van der Waals surface area contributed by atoms with E-state index in [0.717, 1.165) is 10.7 Å². The highest BCUT2D eigenvalue weighted by molar-refractivity contribution is 7.98. The van der Waals surface area contributed by atoms with Crippen LogP contribution in [0.15, 0.2) is 45.9 Å². The van der Waals surface area contributed by atoms with E-state index in [-0.39, 0.29) is 5.84 Å². The molecule has 0 saturated heterocycles. The van der Waals surface area contributed by atoms with Gasteiger partial charge in [-0.2, -0.15) is 0 Å². The summed E-state index contributed by atoms with van der Waals surface area (Å²) in [7, 11) is 0. The number of nitrogens with one attached hydrogen (secondary N) is 1. The largest absolute Gasteiger partial charge is 0.485 e. The zero-order valence-corrected chi connectivity index (χ0v) is 10.8. The standard InChI is InChI=1S/C13H14N2O2S/c1-18-11-6-2-5-10(12(11)13(14)15)17-8-9-4-3-7-16-9/h2-7H,8H2,1H3,(H3,14,15). The molecule has 2 rings (SSSR count). The summed E-state index contributed by atoms with van der Waals surface area (Å²) in [6.45, 7) is 0.325. The van der Waals surface area contributed by atoms with E-state index in [2.05, 4.69) is 0 Å². The molecule has 0 unspecified atom stereocenters. The van der Waals surface area contributed by atoms with Gasteiger partial charge in [-0.05, 0) is 30.5 Å². The molecule has 0 fully saturated rings. The van der Waals surface area contributed by atoms with Gasteiger partial charge in [0.1, 0.15) is 24.0 Å². The molecule has 5 heteroatoms. The lowest BCUT2D eigenvalue weighted by molar-refractivity contribution is 0.269. The topological polar surface area (TPSA) is 72.2 Å². The molecule has 3 N–H and O–H groups in total. The highest BCUT2D eigenvalue weighted by Crippen LogP contribution is 2.28. The highest BCUT2D eigenvalue weighted by atomic mass is 32.2. The monoisotopic (exact) mass is 262 g/mol. The first-order valence-corrected chi connectivity index (χ1v) is 6.61. The Morgan fingerprint density at radius 3 is 2.83 bits per heavy atom. The molecule has 0 aliphatic carbocycles. The van der Waals surface area contributed by atoms with Crippen LogP contribution < -0.4 is 10.5 Å². The summed E-state index contributed by atoms with van der Waals surface area (Å²) in [5.74, 6) is 1.35. The van der Waals surface area contributed by atoms with E-state index in [1.807, 2.05) is 30.5 Å². The predicted molar refractivity (Wildman–Crippen MR) is 72.3 cm³/mol. The summed E-state index contributed by atoms with van der Waals surface area (Å²) in [6.07, 6.45) is 3.54. The summed E-state index contributed by atoms with van der Waals surface area (Å²) in [6, 6.07) is 9.26. The van der Waals surface area contributed by atoms with E-state index in [9.17, 15) is 0 Å². The zero-order valence-electron chi connectivity index (χ0n) is 9.97. The van der Waals surface area contributed by atoms with Crippen LogP contribution in [-0.4, -0.2) is 12.1 Å². The predicted octanol–water partition coefficient (Wildman–Crippen LogP) is 2.86. The Labute approximate surface area is 110 Å². The van der Waals surface area contributed by atoms with Gasteiger partial charge in [0.05, 0.1) is 11.8 Å². The number of furan rings is 1. The van der Waals surface area contributed by atoms with Crippen LogP contribution in [0.5, 0.6) is 5.75 Å². The molecule has 1 heterocycles. The second kappa shape index (κ2) is 5.64. The van der Waals surface area contributed by atoms with Gasteiger partial charge in [0.25, 0.3) is 0 Å². The number of hydrogen-bond acceptors (Lipinski definition) is 4. The fourth-order valence-corrected chi connectivity index (χ4v) is 2.24. The Hall–Kier alpha value is -1.88. The van der Waals surface area contributed by atoms with Crippen LogP contribution in [0.3, 0.4) is 0 Å². The van der Waals surface area contributed by atoms with E-state index < -0.39 is 0 Å². The third-order valence-corrected chi connectivity index (χ3v) is 3.21. The summed E-state index contributed by atoms with van der Waals surface area (Å²) >= 11 is 1.54. The van der Waals surface area contributed by atoms with Gasteiger partial charge in [0.15, 0.2) is 0 Å². The van der Waals surface area contributed by atoms with E-state index in [1.165, 1.54) is 11.8 Å². The third kappa shape index (κ3) is 2.68. The minimum atomic E-state index is 0.00870. The van der Waals surface area contributed by atoms with Crippen molar-refractivity contribution in [1.82, 2.24) is 0 Å². The highest BCUT2D eigenvalue weighted by Gasteiger charge is 2.12. The van der Waals surface area contributed by atoms with Gasteiger partial charge in [0.2, 0.25) is 0 Å². The van der Waals surface area contributed by atoms with Crippen molar-refractivity contribution >= 4 is 17.6 Å². The molecule has 4 nitrogen and oxygen atoms in total. The molecular weight excluding hydrogens is 248 g/mol. The first-order valence-electron chi connectivity index (χ1n) is 5.39. The van der Waals surface area contributed by atoms with Gasteiger partial charge in [-0.3, -0.25) is 5.41 Å². The van der Waals surface area contributed by atoms with Gasteiger partial charge in [-0.15, -0.1) is 11.8 Å². The van der Waals surface area contributed by atoms with Gasteiger partial charge in [0, 0.05) is 4.90 Å². The number of rotatable bonds is 5. The Kier molecular flexibility index (Phi) is 3.94. The molecular formula is C13H14N2O2S. The molecule has 0 amide bonds. The van der Waals surface area contributed by atoms with Gasteiger partial charge in [-0.25, -0.2) is 0 Å². The maximum absolute atomic E-state index is 7.63. The SMILES string of the molecule is CSc1cccc(OCc2ccco2)c1C(=N)N. The average molecular weight is 262 g/mol. The summed E-state index contributed by atoms with van der Waals surface area (Å²) in [5.41, 5.74) is 6.24. The number of ether oxygens (including phenoxy) is 1. The molecule has 18 heavy (non-hydrogen) atoms. The first-order chi connectivity index (χ1) is 8.72. The molecule has 0 bridgehead atoms. The van der Waals surface area contributed by atoms with Crippen LogP contribution >= 0.6 is 11.8 Å². The summed E-state index contributed by atoms with van der Waals surface area (Å²) < 4.78 is 10.9. The van der Waals surface area contributed by atoms with Crippen molar-refractivity contribution in [3.05, 3.63) is 47.9 Å².